The molecule has 0 fully saturated rings. The quantitative estimate of drug-likeness (QED) is 0.166. The van der Waals surface area contributed by atoms with Gasteiger partial charge in [0.1, 0.15) is 0 Å². The van der Waals surface area contributed by atoms with E-state index in [-0.39, 0.29) is 0 Å². The number of aromatic nitrogens is 3. The number of fused-ring (bicyclic) bond motifs is 4. The molecular weight excluding hydrogens is 510 g/mol. The number of benzene rings is 7. The van der Waals surface area contributed by atoms with Crippen LogP contribution in [0.5, 0.6) is 0 Å². The van der Waals surface area contributed by atoms with Crippen LogP contribution in [-0.4, -0.2) is 15.0 Å². The fraction of sp³-hybridized carbons (Fsp3) is 0. The van der Waals surface area contributed by atoms with Crippen LogP contribution in [0, 0.1) is 0 Å². The average molecular weight is 536 g/mol. The van der Waals surface area contributed by atoms with Crippen LogP contribution in [0.1, 0.15) is 0 Å². The van der Waals surface area contributed by atoms with Crippen LogP contribution >= 0.6 is 0 Å². The Labute approximate surface area is 243 Å². The second-order valence-electron chi connectivity index (χ2n) is 10.4. The molecule has 0 saturated carbocycles. The maximum absolute atomic E-state index is 5.27. The molecule has 8 aromatic rings. The summed E-state index contributed by atoms with van der Waals surface area (Å²) in [7, 11) is 0. The van der Waals surface area contributed by atoms with Crippen molar-refractivity contribution in [3.63, 3.8) is 0 Å². The third kappa shape index (κ3) is 4.11. The third-order valence-electron chi connectivity index (χ3n) is 7.90. The summed E-state index contributed by atoms with van der Waals surface area (Å²) in [4.78, 5) is 15.5. The van der Waals surface area contributed by atoms with Gasteiger partial charge in [-0.15, -0.1) is 0 Å². The molecular formula is C39H25N3. The highest BCUT2D eigenvalue weighted by Gasteiger charge is 2.19. The number of hydrogen-bond acceptors (Lipinski definition) is 3. The fourth-order valence-electron chi connectivity index (χ4n) is 5.94. The molecule has 0 aliphatic rings. The highest BCUT2D eigenvalue weighted by Crippen LogP contribution is 2.40. The van der Waals surface area contributed by atoms with Crippen molar-refractivity contribution in [2.45, 2.75) is 0 Å². The Hall–Kier alpha value is -5.67. The Kier molecular flexibility index (Phi) is 5.79. The Bertz CT molecular complexity index is 2240. The molecule has 8 rings (SSSR count). The molecule has 42 heavy (non-hydrogen) atoms. The van der Waals surface area contributed by atoms with Crippen LogP contribution in [0.15, 0.2) is 152 Å². The normalized spacial score (nSPS) is 11.3. The van der Waals surface area contributed by atoms with E-state index in [9.17, 15) is 0 Å². The predicted molar refractivity (Wildman–Crippen MR) is 174 cm³/mol. The van der Waals surface area contributed by atoms with Gasteiger partial charge in [0.15, 0.2) is 17.5 Å². The van der Waals surface area contributed by atoms with Crippen LogP contribution in [0.4, 0.5) is 0 Å². The van der Waals surface area contributed by atoms with E-state index in [0.717, 1.165) is 49.4 Å². The van der Waals surface area contributed by atoms with E-state index >= 15 is 0 Å². The minimum Gasteiger partial charge on any atom is -0.208 e. The molecule has 0 spiro atoms. The molecule has 0 atom stereocenters. The summed E-state index contributed by atoms with van der Waals surface area (Å²) in [5.41, 5.74) is 5.16. The zero-order valence-corrected chi connectivity index (χ0v) is 22.8. The van der Waals surface area contributed by atoms with E-state index in [2.05, 4.69) is 121 Å². The van der Waals surface area contributed by atoms with Gasteiger partial charge >= 0.3 is 0 Å². The van der Waals surface area contributed by atoms with Crippen molar-refractivity contribution < 1.29 is 0 Å². The molecule has 0 radical (unpaired) electrons. The molecule has 7 aromatic carbocycles. The van der Waals surface area contributed by atoms with Gasteiger partial charge in [-0.05, 0) is 44.1 Å². The first-order chi connectivity index (χ1) is 20.8. The average Bonchev–Trinajstić information content (AvgIpc) is 3.07. The smallest absolute Gasteiger partial charge is 0.165 e. The summed E-state index contributed by atoms with van der Waals surface area (Å²) in [5.74, 6) is 1.97. The predicted octanol–water partition coefficient (Wildman–Crippen LogP) is 10.00. The van der Waals surface area contributed by atoms with Crippen LogP contribution in [0.25, 0.3) is 77.6 Å². The standard InChI is InChI=1S/C39H25N3/c1-3-13-26(14-4-1)31-19-11-12-22-34(31)38-40-37(28-16-5-2-6-17-28)41-39(42-38)36-33-21-10-8-18-29(33)25-30-24-23-27-15-7-9-20-32(27)35(30)36/h1-25H. The van der Waals surface area contributed by atoms with Gasteiger partial charge in [-0.25, -0.2) is 15.0 Å². The SMILES string of the molecule is c1ccc(-c2nc(-c3ccccc3-c3ccccc3)nc(-c3c4ccccc4cc4ccc5ccccc5c34)n2)cc1. The molecule has 0 saturated heterocycles. The van der Waals surface area contributed by atoms with Crippen LogP contribution in [0.2, 0.25) is 0 Å². The molecule has 3 nitrogen and oxygen atoms in total. The lowest BCUT2D eigenvalue weighted by Gasteiger charge is -2.16. The highest BCUT2D eigenvalue weighted by molar-refractivity contribution is 6.21. The van der Waals surface area contributed by atoms with Crippen LogP contribution in [0.3, 0.4) is 0 Å². The van der Waals surface area contributed by atoms with Gasteiger partial charge in [0.05, 0.1) is 0 Å². The molecule has 0 amide bonds. The van der Waals surface area contributed by atoms with Crippen molar-refractivity contribution in [3.05, 3.63) is 152 Å². The Morgan fingerprint density at radius 1 is 0.333 bits per heavy atom. The van der Waals surface area contributed by atoms with Crippen molar-refractivity contribution >= 4 is 32.3 Å². The molecule has 0 N–H and O–H groups in total. The van der Waals surface area contributed by atoms with Crippen molar-refractivity contribution in [2.24, 2.45) is 0 Å². The molecule has 196 valence electrons. The van der Waals surface area contributed by atoms with Gasteiger partial charge in [-0.2, -0.15) is 0 Å². The first-order valence-electron chi connectivity index (χ1n) is 14.1. The zero-order valence-electron chi connectivity index (χ0n) is 22.8. The lowest BCUT2D eigenvalue weighted by atomic mass is 9.92. The molecule has 0 aliphatic heterocycles. The monoisotopic (exact) mass is 535 g/mol. The van der Waals surface area contributed by atoms with Gasteiger partial charge < -0.3 is 0 Å². The minimum atomic E-state index is 0.652. The summed E-state index contributed by atoms with van der Waals surface area (Å²) in [6, 6.07) is 52.7. The molecule has 0 unspecified atom stereocenters. The maximum Gasteiger partial charge on any atom is 0.165 e. The van der Waals surface area contributed by atoms with Crippen molar-refractivity contribution in [1.29, 1.82) is 0 Å². The van der Waals surface area contributed by atoms with Gasteiger partial charge in [0, 0.05) is 22.1 Å². The van der Waals surface area contributed by atoms with Crippen molar-refractivity contribution in [3.8, 4) is 45.3 Å². The number of hydrogen-bond donors (Lipinski definition) is 0. The maximum atomic E-state index is 5.27. The molecule has 1 heterocycles. The third-order valence-corrected chi connectivity index (χ3v) is 7.90. The van der Waals surface area contributed by atoms with E-state index in [1.54, 1.807) is 0 Å². The Morgan fingerprint density at radius 3 is 1.67 bits per heavy atom. The van der Waals surface area contributed by atoms with Gasteiger partial charge in [0.2, 0.25) is 0 Å². The molecule has 1 aromatic heterocycles. The summed E-state index contributed by atoms with van der Waals surface area (Å²) in [6.07, 6.45) is 0. The van der Waals surface area contributed by atoms with Crippen molar-refractivity contribution in [1.82, 2.24) is 15.0 Å². The highest BCUT2D eigenvalue weighted by atomic mass is 15.0. The second-order valence-corrected chi connectivity index (χ2v) is 10.4. The van der Waals surface area contributed by atoms with E-state index in [4.69, 9.17) is 15.0 Å². The number of rotatable bonds is 4. The first-order valence-corrected chi connectivity index (χ1v) is 14.1. The summed E-state index contributed by atoms with van der Waals surface area (Å²) in [6.45, 7) is 0. The summed E-state index contributed by atoms with van der Waals surface area (Å²) in [5, 5.41) is 6.96. The molecule has 0 aliphatic carbocycles. The fourth-order valence-corrected chi connectivity index (χ4v) is 5.94. The molecule has 0 bridgehead atoms. The Morgan fingerprint density at radius 2 is 0.881 bits per heavy atom. The summed E-state index contributed by atoms with van der Waals surface area (Å²) < 4.78 is 0. The van der Waals surface area contributed by atoms with E-state index in [1.807, 2.05) is 30.3 Å². The Balaban J connectivity index is 1.50. The summed E-state index contributed by atoms with van der Waals surface area (Å²) >= 11 is 0. The van der Waals surface area contributed by atoms with Gasteiger partial charge in [-0.1, -0.05) is 146 Å². The van der Waals surface area contributed by atoms with Crippen molar-refractivity contribution in [2.75, 3.05) is 0 Å². The number of nitrogens with zero attached hydrogens (tertiary/aromatic N) is 3. The second kappa shape index (κ2) is 10.1. The van der Waals surface area contributed by atoms with Crippen LogP contribution in [-0.2, 0) is 0 Å². The van der Waals surface area contributed by atoms with E-state index < -0.39 is 0 Å². The first kappa shape index (κ1) is 24.2. The topological polar surface area (TPSA) is 38.7 Å². The van der Waals surface area contributed by atoms with E-state index in [1.165, 1.54) is 10.8 Å². The minimum absolute atomic E-state index is 0.652. The molecule has 3 heteroatoms. The largest absolute Gasteiger partial charge is 0.208 e. The zero-order chi connectivity index (χ0) is 27.9. The van der Waals surface area contributed by atoms with E-state index in [0.29, 0.717) is 17.5 Å². The lowest BCUT2D eigenvalue weighted by molar-refractivity contribution is 1.08. The lowest BCUT2D eigenvalue weighted by Crippen LogP contribution is -2.02. The van der Waals surface area contributed by atoms with Crippen LogP contribution < -0.4 is 0 Å². The van der Waals surface area contributed by atoms with Gasteiger partial charge in [0.25, 0.3) is 0 Å². The van der Waals surface area contributed by atoms with Gasteiger partial charge in [-0.3, -0.25) is 0 Å².